The Hall–Kier alpha value is 0.0500. The second kappa shape index (κ2) is 2.55. The fourth-order valence-electron chi connectivity index (χ4n) is 0.179. The molecule has 0 bridgehead atoms. The first-order valence-electron chi connectivity index (χ1n) is 1.94. The van der Waals surface area contributed by atoms with E-state index >= 15 is 0 Å². The van der Waals surface area contributed by atoms with Crippen molar-refractivity contribution in [2.24, 2.45) is 0 Å². The maximum atomic E-state index is 10.3. The van der Waals surface area contributed by atoms with Crippen molar-refractivity contribution in [3.05, 3.63) is 0 Å². The first-order chi connectivity index (χ1) is 3.48. The van der Waals surface area contributed by atoms with Crippen molar-refractivity contribution < 1.29 is 9.53 Å². The Morgan fingerprint density at radius 2 is 2.00 bits per heavy atom. The third-order valence-electron chi connectivity index (χ3n) is 0.544. The van der Waals surface area contributed by atoms with Gasteiger partial charge in [-0.3, -0.25) is 0 Å². The molecule has 2 nitrogen and oxygen atoms in total. The Balaban J connectivity index is 3.82. The Labute approximate surface area is 57.7 Å². The van der Waals surface area contributed by atoms with Crippen LogP contribution in [0.15, 0.2) is 0 Å². The molecule has 0 amide bonds. The zero-order valence-corrected chi connectivity index (χ0v) is 6.08. The molecule has 0 heterocycles. The van der Waals surface area contributed by atoms with Crippen LogP contribution in [0.25, 0.3) is 0 Å². The molecular formula is C4H6Cl2O2. The van der Waals surface area contributed by atoms with Gasteiger partial charge in [-0.15, -0.1) is 0 Å². The lowest BCUT2D eigenvalue weighted by molar-refractivity contribution is -0.141. The first-order valence-corrected chi connectivity index (χ1v) is 2.70. The second-order valence-electron chi connectivity index (χ2n) is 1.38. The zero-order chi connectivity index (χ0) is 6.78. The molecule has 8 heavy (non-hydrogen) atoms. The fourth-order valence-corrected chi connectivity index (χ4v) is 0.334. The van der Waals surface area contributed by atoms with Gasteiger partial charge in [-0.1, -0.05) is 23.2 Å². The molecule has 0 radical (unpaired) electrons. The summed E-state index contributed by atoms with van der Waals surface area (Å²) in [5.41, 5.74) is 0. The number of hydrogen-bond acceptors (Lipinski definition) is 2. The molecule has 0 N–H and O–H groups in total. The number of rotatable bonds is 1. The highest BCUT2D eigenvalue weighted by Crippen LogP contribution is 2.20. The van der Waals surface area contributed by atoms with Gasteiger partial charge in [0.05, 0.1) is 7.11 Å². The predicted molar refractivity (Wildman–Crippen MR) is 32.1 cm³/mol. The van der Waals surface area contributed by atoms with Crippen molar-refractivity contribution in [3.8, 4) is 0 Å². The minimum atomic E-state index is -1.41. The van der Waals surface area contributed by atoms with Crippen LogP contribution in [0, 0.1) is 0 Å². The van der Waals surface area contributed by atoms with Crippen molar-refractivity contribution in [3.63, 3.8) is 0 Å². The summed E-state index contributed by atoms with van der Waals surface area (Å²) < 4.78 is 2.80. The molecule has 4 heteroatoms. The van der Waals surface area contributed by atoms with E-state index in [1.54, 1.807) is 0 Å². The van der Waals surface area contributed by atoms with E-state index < -0.39 is 10.3 Å². The number of hydrogen-bond donors (Lipinski definition) is 0. The molecule has 48 valence electrons. The number of carbonyl (C=O) groups excluding carboxylic acids is 1. The van der Waals surface area contributed by atoms with E-state index in [-0.39, 0.29) is 0 Å². The summed E-state index contributed by atoms with van der Waals surface area (Å²) in [6.45, 7) is 1.35. The van der Waals surface area contributed by atoms with Crippen LogP contribution < -0.4 is 0 Å². The third kappa shape index (κ3) is 2.38. The maximum absolute atomic E-state index is 10.3. The van der Waals surface area contributed by atoms with Crippen molar-refractivity contribution in [1.29, 1.82) is 0 Å². The van der Waals surface area contributed by atoms with Crippen molar-refractivity contribution in [2.75, 3.05) is 7.11 Å². The van der Waals surface area contributed by atoms with Crippen LogP contribution in [0.4, 0.5) is 0 Å². The number of ether oxygens (including phenoxy) is 1. The smallest absolute Gasteiger partial charge is 0.342 e. The third-order valence-corrected chi connectivity index (χ3v) is 0.852. The summed E-state index contributed by atoms with van der Waals surface area (Å²) in [6.07, 6.45) is 0. The normalized spacial score (nSPS) is 11.0. The average molecular weight is 157 g/mol. The van der Waals surface area contributed by atoms with Gasteiger partial charge in [-0.2, -0.15) is 0 Å². The molecule has 0 saturated carbocycles. The fraction of sp³-hybridized carbons (Fsp3) is 0.750. The molecule has 0 saturated heterocycles. The standard InChI is InChI=1S/C4H6Cl2O2/c1-4(5,6)3(7)8-2/h1-2H3. The first kappa shape index (κ1) is 8.05. The van der Waals surface area contributed by atoms with Gasteiger partial charge in [0, 0.05) is 0 Å². The SMILES string of the molecule is COC(=O)C(C)(Cl)Cl. The maximum Gasteiger partial charge on any atom is 0.342 e. The summed E-state index contributed by atoms with van der Waals surface area (Å²) in [5.74, 6) is -0.638. The van der Waals surface area contributed by atoms with E-state index in [9.17, 15) is 4.79 Å². The largest absolute Gasteiger partial charge is 0.467 e. The molecule has 0 aromatic heterocycles. The molecule has 0 rings (SSSR count). The Morgan fingerprint density at radius 1 is 1.62 bits per heavy atom. The van der Waals surface area contributed by atoms with Crippen LogP contribution >= 0.6 is 23.2 Å². The number of halogens is 2. The number of methoxy groups -OCH3 is 1. The van der Waals surface area contributed by atoms with Crippen LogP contribution in [0.2, 0.25) is 0 Å². The van der Waals surface area contributed by atoms with E-state index in [0.29, 0.717) is 0 Å². The van der Waals surface area contributed by atoms with Crippen LogP contribution in [0.1, 0.15) is 6.92 Å². The number of carbonyl (C=O) groups is 1. The van der Waals surface area contributed by atoms with Gasteiger partial charge >= 0.3 is 5.97 Å². The molecule has 0 spiro atoms. The van der Waals surface area contributed by atoms with Crippen LogP contribution in [0.3, 0.4) is 0 Å². The van der Waals surface area contributed by atoms with Crippen LogP contribution in [-0.4, -0.2) is 17.4 Å². The van der Waals surface area contributed by atoms with Gasteiger partial charge in [0.1, 0.15) is 0 Å². The Morgan fingerprint density at radius 3 is 2.00 bits per heavy atom. The van der Waals surface area contributed by atoms with Gasteiger partial charge < -0.3 is 4.74 Å². The van der Waals surface area contributed by atoms with E-state index in [4.69, 9.17) is 23.2 Å². The molecule has 0 fully saturated rings. The molecular weight excluding hydrogens is 151 g/mol. The van der Waals surface area contributed by atoms with Gasteiger partial charge in [0.15, 0.2) is 0 Å². The second-order valence-corrected chi connectivity index (χ2v) is 3.09. The Kier molecular flexibility index (Phi) is 2.57. The summed E-state index contributed by atoms with van der Waals surface area (Å²) in [5, 5.41) is 0. The molecule has 0 aromatic rings. The molecule has 0 atom stereocenters. The molecule has 0 aliphatic heterocycles. The molecule has 0 aliphatic carbocycles. The zero-order valence-electron chi connectivity index (χ0n) is 4.57. The monoisotopic (exact) mass is 156 g/mol. The lowest BCUT2D eigenvalue weighted by atomic mass is 10.5. The molecule has 0 unspecified atom stereocenters. The quantitative estimate of drug-likeness (QED) is 0.424. The highest BCUT2D eigenvalue weighted by Gasteiger charge is 2.27. The van der Waals surface area contributed by atoms with Gasteiger partial charge in [-0.25, -0.2) is 4.79 Å². The van der Waals surface area contributed by atoms with Crippen molar-refractivity contribution >= 4 is 29.2 Å². The summed E-state index contributed by atoms with van der Waals surface area (Å²) in [4.78, 5) is 10.3. The van der Waals surface area contributed by atoms with E-state index in [1.165, 1.54) is 14.0 Å². The minimum absolute atomic E-state index is 0.638. The van der Waals surface area contributed by atoms with Crippen LogP contribution in [0.5, 0.6) is 0 Å². The average Bonchev–Trinajstić information content (AvgIpc) is 1.62. The molecule has 0 aliphatic rings. The van der Waals surface area contributed by atoms with E-state index in [2.05, 4.69) is 4.74 Å². The lowest BCUT2D eigenvalue weighted by Crippen LogP contribution is -2.22. The number of esters is 1. The summed E-state index contributed by atoms with van der Waals surface area (Å²) in [6, 6.07) is 0. The summed E-state index contributed by atoms with van der Waals surface area (Å²) in [7, 11) is 1.23. The van der Waals surface area contributed by atoms with Crippen LogP contribution in [-0.2, 0) is 9.53 Å². The van der Waals surface area contributed by atoms with E-state index in [1.807, 2.05) is 0 Å². The van der Waals surface area contributed by atoms with Gasteiger partial charge in [0.2, 0.25) is 4.33 Å². The predicted octanol–water partition coefficient (Wildman–Crippen LogP) is 1.35. The molecule has 0 aromatic carbocycles. The highest BCUT2D eigenvalue weighted by atomic mass is 35.5. The van der Waals surface area contributed by atoms with E-state index in [0.717, 1.165) is 0 Å². The minimum Gasteiger partial charge on any atom is -0.467 e. The van der Waals surface area contributed by atoms with Gasteiger partial charge in [0.25, 0.3) is 0 Å². The Bertz CT molecular complexity index is 94.7. The lowest BCUT2D eigenvalue weighted by Gasteiger charge is -2.07. The summed E-state index contributed by atoms with van der Waals surface area (Å²) >= 11 is 10.5. The van der Waals surface area contributed by atoms with Crippen molar-refractivity contribution in [1.82, 2.24) is 0 Å². The van der Waals surface area contributed by atoms with Gasteiger partial charge in [-0.05, 0) is 6.92 Å². The topological polar surface area (TPSA) is 26.3 Å². The number of alkyl halides is 2. The highest BCUT2D eigenvalue weighted by molar-refractivity contribution is 6.57. The van der Waals surface area contributed by atoms with Crippen molar-refractivity contribution in [2.45, 2.75) is 11.3 Å².